The van der Waals surface area contributed by atoms with Crippen LogP contribution in [0.1, 0.15) is 32.3 Å². The Morgan fingerprint density at radius 2 is 1.58 bits per heavy atom. The molecule has 0 aromatic heterocycles. The lowest BCUT2D eigenvalue weighted by Gasteiger charge is -2.27. The average molecular weight is 350 g/mol. The number of hydrogen-bond acceptors (Lipinski definition) is 2. The van der Waals surface area contributed by atoms with Crippen LogP contribution in [0.25, 0.3) is 0 Å². The van der Waals surface area contributed by atoms with Crippen molar-refractivity contribution in [2.24, 2.45) is 11.3 Å². The summed E-state index contributed by atoms with van der Waals surface area (Å²) in [6.45, 7) is 5.15. The van der Waals surface area contributed by atoms with Gasteiger partial charge in [-0.05, 0) is 36.5 Å². The number of para-hydroxylation sites is 1. The summed E-state index contributed by atoms with van der Waals surface area (Å²) in [5.74, 6) is 0.124. The van der Waals surface area contributed by atoms with Crippen molar-refractivity contribution in [2.45, 2.75) is 33.2 Å². The Kier molecular flexibility index (Phi) is 5.40. The quantitative estimate of drug-likeness (QED) is 0.773. The third-order valence-corrected chi connectivity index (χ3v) is 4.76. The van der Waals surface area contributed by atoms with Crippen molar-refractivity contribution in [1.29, 1.82) is 0 Å². The van der Waals surface area contributed by atoms with E-state index in [-0.39, 0.29) is 11.8 Å². The fourth-order valence-electron chi connectivity index (χ4n) is 3.04. The molecule has 1 saturated carbocycles. The summed E-state index contributed by atoms with van der Waals surface area (Å²) in [6, 6.07) is 19.5. The van der Waals surface area contributed by atoms with E-state index in [4.69, 9.17) is 0 Å². The van der Waals surface area contributed by atoms with Gasteiger partial charge in [-0.25, -0.2) is 0 Å². The molecule has 0 saturated heterocycles. The van der Waals surface area contributed by atoms with Gasteiger partial charge in [-0.3, -0.25) is 9.59 Å². The molecule has 4 nitrogen and oxygen atoms in total. The fraction of sp³-hybridized carbons (Fsp3) is 0.364. The Morgan fingerprint density at radius 1 is 1.00 bits per heavy atom. The highest BCUT2D eigenvalue weighted by atomic mass is 16.2. The first-order chi connectivity index (χ1) is 12.5. The molecule has 3 rings (SSSR count). The van der Waals surface area contributed by atoms with Gasteiger partial charge in [0.25, 0.3) is 0 Å². The fourth-order valence-corrected chi connectivity index (χ4v) is 3.04. The van der Waals surface area contributed by atoms with Gasteiger partial charge in [0.1, 0.15) is 5.41 Å². The van der Waals surface area contributed by atoms with Crippen LogP contribution in [-0.2, 0) is 16.1 Å². The number of carbonyl (C=O) groups is 2. The molecule has 1 N–H and O–H groups in total. The molecule has 0 unspecified atom stereocenters. The summed E-state index contributed by atoms with van der Waals surface area (Å²) in [7, 11) is 0. The average Bonchev–Trinajstić information content (AvgIpc) is 3.47. The zero-order valence-corrected chi connectivity index (χ0v) is 15.4. The number of hydrogen-bond donors (Lipinski definition) is 1. The topological polar surface area (TPSA) is 49.4 Å². The van der Waals surface area contributed by atoms with Gasteiger partial charge in [-0.2, -0.15) is 0 Å². The molecule has 1 fully saturated rings. The van der Waals surface area contributed by atoms with Gasteiger partial charge in [0, 0.05) is 12.2 Å². The van der Waals surface area contributed by atoms with E-state index in [1.54, 1.807) is 4.90 Å². The van der Waals surface area contributed by atoms with Crippen molar-refractivity contribution >= 4 is 17.5 Å². The predicted octanol–water partition coefficient (Wildman–Crippen LogP) is 3.77. The van der Waals surface area contributed by atoms with Crippen molar-refractivity contribution in [2.75, 3.05) is 11.4 Å². The third kappa shape index (κ3) is 3.96. The van der Waals surface area contributed by atoms with Crippen LogP contribution in [0.5, 0.6) is 0 Å². The highest BCUT2D eigenvalue weighted by Gasteiger charge is 2.58. The number of nitrogens with one attached hydrogen (secondary N) is 1. The number of anilines is 1. The Bertz CT molecular complexity index is 752. The van der Waals surface area contributed by atoms with E-state index in [9.17, 15) is 9.59 Å². The van der Waals surface area contributed by atoms with E-state index in [0.717, 1.165) is 11.3 Å². The molecule has 2 aromatic carbocycles. The zero-order valence-electron chi connectivity index (χ0n) is 15.4. The molecule has 26 heavy (non-hydrogen) atoms. The van der Waals surface area contributed by atoms with Crippen LogP contribution >= 0.6 is 0 Å². The molecule has 2 amide bonds. The standard InChI is InChI=1S/C22H26N2O2/c1-17(2)15-23-20(25)22(13-14-22)21(26)24(19-11-7-4-8-12-19)16-18-9-5-3-6-10-18/h3-12,17H,13-16H2,1-2H3,(H,23,25). The van der Waals surface area contributed by atoms with Gasteiger partial charge in [0.2, 0.25) is 11.8 Å². The zero-order chi connectivity index (χ0) is 18.6. The lowest BCUT2D eigenvalue weighted by Crippen LogP contribution is -2.46. The molecule has 1 aliphatic carbocycles. The molecule has 4 heteroatoms. The van der Waals surface area contributed by atoms with Crippen molar-refractivity contribution < 1.29 is 9.59 Å². The smallest absolute Gasteiger partial charge is 0.242 e. The molecule has 0 atom stereocenters. The van der Waals surface area contributed by atoms with E-state index in [0.29, 0.717) is 31.8 Å². The molecule has 0 bridgehead atoms. The second-order valence-corrected chi connectivity index (χ2v) is 7.40. The van der Waals surface area contributed by atoms with Crippen LogP contribution in [0.2, 0.25) is 0 Å². The van der Waals surface area contributed by atoms with E-state index in [1.165, 1.54) is 0 Å². The third-order valence-electron chi connectivity index (χ3n) is 4.76. The highest BCUT2D eigenvalue weighted by Crippen LogP contribution is 2.48. The van der Waals surface area contributed by atoms with Gasteiger partial charge in [0.15, 0.2) is 0 Å². The van der Waals surface area contributed by atoms with Gasteiger partial charge < -0.3 is 10.2 Å². The van der Waals surface area contributed by atoms with Gasteiger partial charge in [-0.15, -0.1) is 0 Å². The second-order valence-electron chi connectivity index (χ2n) is 7.40. The molecular formula is C22H26N2O2. The van der Waals surface area contributed by atoms with E-state index < -0.39 is 5.41 Å². The maximum atomic E-state index is 13.4. The number of rotatable bonds is 7. The number of nitrogens with zero attached hydrogens (tertiary/aromatic N) is 1. The van der Waals surface area contributed by atoms with Gasteiger partial charge >= 0.3 is 0 Å². The summed E-state index contributed by atoms with van der Waals surface area (Å²) in [5, 5.41) is 2.95. The van der Waals surface area contributed by atoms with E-state index in [2.05, 4.69) is 5.32 Å². The van der Waals surface area contributed by atoms with Crippen LogP contribution in [0.3, 0.4) is 0 Å². The minimum Gasteiger partial charge on any atom is -0.355 e. The molecule has 1 aliphatic rings. The first kappa shape index (κ1) is 18.2. The lowest BCUT2D eigenvalue weighted by molar-refractivity contribution is -0.135. The summed E-state index contributed by atoms with van der Waals surface area (Å²) < 4.78 is 0. The van der Waals surface area contributed by atoms with Crippen molar-refractivity contribution in [1.82, 2.24) is 5.32 Å². The van der Waals surface area contributed by atoms with Gasteiger partial charge in [0.05, 0.1) is 6.54 Å². The summed E-state index contributed by atoms with van der Waals surface area (Å²) >= 11 is 0. The minimum absolute atomic E-state index is 0.103. The summed E-state index contributed by atoms with van der Waals surface area (Å²) in [6.07, 6.45) is 1.24. The Labute approximate surface area is 155 Å². The van der Waals surface area contributed by atoms with Crippen molar-refractivity contribution in [3.63, 3.8) is 0 Å². The summed E-state index contributed by atoms with van der Waals surface area (Å²) in [4.78, 5) is 27.8. The van der Waals surface area contributed by atoms with Crippen LogP contribution in [0.4, 0.5) is 5.69 Å². The molecular weight excluding hydrogens is 324 g/mol. The monoisotopic (exact) mass is 350 g/mol. The molecule has 136 valence electrons. The van der Waals surface area contributed by atoms with Crippen LogP contribution in [0.15, 0.2) is 60.7 Å². The normalized spacial score (nSPS) is 14.7. The van der Waals surface area contributed by atoms with Crippen LogP contribution in [-0.4, -0.2) is 18.4 Å². The van der Waals surface area contributed by atoms with Crippen LogP contribution in [0, 0.1) is 11.3 Å². The molecule has 0 spiro atoms. The Morgan fingerprint density at radius 3 is 2.12 bits per heavy atom. The highest BCUT2D eigenvalue weighted by molar-refractivity contribution is 6.14. The number of amides is 2. The molecule has 0 radical (unpaired) electrons. The first-order valence-electron chi connectivity index (χ1n) is 9.22. The molecule has 0 aliphatic heterocycles. The van der Waals surface area contributed by atoms with E-state index in [1.807, 2.05) is 74.5 Å². The first-order valence-corrected chi connectivity index (χ1v) is 9.22. The molecule has 2 aromatic rings. The maximum absolute atomic E-state index is 13.4. The SMILES string of the molecule is CC(C)CNC(=O)C1(C(=O)N(Cc2ccccc2)c2ccccc2)CC1. The Balaban J connectivity index is 1.84. The maximum Gasteiger partial charge on any atom is 0.242 e. The van der Waals surface area contributed by atoms with E-state index >= 15 is 0 Å². The molecule has 0 heterocycles. The Hall–Kier alpha value is -2.62. The van der Waals surface area contributed by atoms with Crippen LogP contribution < -0.4 is 10.2 Å². The number of carbonyl (C=O) groups excluding carboxylic acids is 2. The van der Waals surface area contributed by atoms with Crippen molar-refractivity contribution in [3.8, 4) is 0 Å². The lowest BCUT2D eigenvalue weighted by atomic mass is 10.0. The predicted molar refractivity (Wildman–Crippen MR) is 104 cm³/mol. The van der Waals surface area contributed by atoms with Gasteiger partial charge in [-0.1, -0.05) is 62.4 Å². The second kappa shape index (κ2) is 7.73. The largest absolute Gasteiger partial charge is 0.355 e. The number of benzene rings is 2. The van der Waals surface area contributed by atoms with Crippen molar-refractivity contribution in [3.05, 3.63) is 66.2 Å². The summed E-state index contributed by atoms with van der Waals surface area (Å²) in [5.41, 5.74) is 0.965. The minimum atomic E-state index is -0.903.